The number of amides is 2. The topological polar surface area (TPSA) is 58.2 Å². The first-order chi connectivity index (χ1) is 10.5. The smallest absolute Gasteiger partial charge is 0.248 e. The summed E-state index contributed by atoms with van der Waals surface area (Å²) in [5.74, 6) is -0.381. The van der Waals surface area contributed by atoms with E-state index < -0.39 is 0 Å². The monoisotopic (exact) mass is 314 g/mol. The second-order valence-electron chi connectivity index (χ2n) is 4.64. The van der Waals surface area contributed by atoms with Crippen LogP contribution < -0.4 is 10.6 Å². The highest BCUT2D eigenvalue weighted by Gasteiger charge is 1.99. The first-order valence-corrected chi connectivity index (χ1v) is 7.03. The van der Waals surface area contributed by atoms with Crippen LogP contribution in [0.1, 0.15) is 12.5 Å². The summed E-state index contributed by atoms with van der Waals surface area (Å²) in [6.07, 6.45) is 3.13. The third-order valence-corrected chi connectivity index (χ3v) is 2.98. The average Bonchev–Trinajstić information content (AvgIpc) is 2.47. The van der Waals surface area contributed by atoms with Gasteiger partial charge in [0, 0.05) is 29.4 Å². The molecule has 0 aromatic heterocycles. The quantitative estimate of drug-likeness (QED) is 0.839. The number of carbonyl (C=O) groups excluding carboxylic acids is 2. The van der Waals surface area contributed by atoms with Crippen LogP contribution in [0.25, 0.3) is 6.08 Å². The summed E-state index contributed by atoms with van der Waals surface area (Å²) < 4.78 is 0. The molecule has 0 saturated heterocycles. The number of benzene rings is 2. The number of halogens is 1. The first kappa shape index (κ1) is 15.8. The Morgan fingerprint density at radius 2 is 1.64 bits per heavy atom. The van der Waals surface area contributed by atoms with Crippen LogP contribution in [0, 0.1) is 0 Å². The minimum absolute atomic E-state index is 0.138. The molecule has 0 spiro atoms. The van der Waals surface area contributed by atoms with Crippen molar-refractivity contribution in [3.63, 3.8) is 0 Å². The van der Waals surface area contributed by atoms with Crippen LogP contribution in [-0.4, -0.2) is 11.8 Å². The van der Waals surface area contributed by atoms with Crippen molar-refractivity contribution in [2.24, 2.45) is 0 Å². The molecular weight excluding hydrogens is 300 g/mol. The summed E-state index contributed by atoms with van der Waals surface area (Å²) >= 11 is 5.88. The van der Waals surface area contributed by atoms with Gasteiger partial charge in [-0.15, -0.1) is 0 Å². The van der Waals surface area contributed by atoms with Crippen molar-refractivity contribution in [2.75, 3.05) is 10.6 Å². The Labute approximate surface area is 133 Å². The average molecular weight is 315 g/mol. The van der Waals surface area contributed by atoms with Crippen LogP contribution in [0.5, 0.6) is 0 Å². The van der Waals surface area contributed by atoms with Crippen molar-refractivity contribution in [3.05, 3.63) is 65.2 Å². The van der Waals surface area contributed by atoms with Gasteiger partial charge in [0.25, 0.3) is 0 Å². The zero-order valence-corrected chi connectivity index (χ0v) is 12.7. The second kappa shape index (κ2) is 7.43. The summed E-state index contributed by atoms with van der Waals surface area (Å²) in [5.41, 5.74) is 2.18. The van der Waals surface area contributed by atoms with Crippen molar-refractivity contribution >= 4 is 40.9 Å². The van der Waals surface area contributed by atoms with Gasteiger partial charge < -0.3 is 10.6 Å². The first-order valence-electron chi connectivity index (χ1n) is 6.65. The molecule has 0 atom stereocenters. The molecule has 0 bridgehead atoms. The maximum atomic E-state index is 11.8. The van der Waals surface area contributed by atoms with Gasteiger partial charge in [-0.1, -0.05) is 23.7 Å². The van der Waals surface area contributed by atoms with Gasteiger partial charge in [-0.2, -0.15) is 0 Å². The summed E-state index contributed by atoms with van der Waals surface area (Å²) in [5, 5.41) is 6.02. The molecule has 4 nitrogen and oxygen atoms in total. The molecule has 5 heteroatoms. The third kappa shape index (κ3) is 5.07. The van der Waals surface area contributed by atoms with Gasteiger partial charge in [0.05, 0.1) is 0 Å². The fraction of sp³-hybridized carbons (Fsp3) is 0.0588. The van der Waals surface area contributed by atoms with Gasteiger partial charge in [-0.25, -0.2) is 0 Å². The molecule has 0 aliphatic heterocycles. The Morgan fingerprint density at radius 3 is 2.23 bits per heavy atom. The minimum atomic E-state index is -0.243. The van der Waals surface area contributed by atoms with E-state index in [4.69, 9.17) is 11.6 Å². The molecule has 2 amide bonds. The molecular formula is C17H15ClN2O2. The Kier molecular flexibility index (Phi) is 5.33. The third-order valence-electron chi connectivity index (χ3n) is 2.75. The van der Waals surface area contributed by atoms with E-state index in [2.05, 4.69) is 10.6 Å². The lowest BCUT2D eigenvalue weighted by atomic mass is 10.2. The highest BCUT2D eigenvalue weighted by atomic mass is 35.5. The van der Waals surface area contributed by atoms with Gasteiger partial charge >= 0.3 is 0 Å². The summed E-state index contributed by atoms with van der Waals surface area (Å²) in [6, 6.07) is 14.1. The fourth-order valence-electron chi connectivity index (χ4n) is 1.81. The number of hydrogen-bond donors (Lipinski definition) is 2. The molecule has 0 aliphatic carbocycles. The van der Waals surface area contributed by atoms with E-state index in [0.717, 1.165) is 5.56 Å². The van der Waals surface area contributed by atoms with Crippen LogP contribution in [0.4, 0.5) is 11.4 Å². The molecule has 0 heterocycles. The zero-order chi connectivity index (χ0) is 15.9. The molecule has 2 aromatic rings. The van der Waals surface area contributed by atoms with Crippen LogP contribution >= 0.6 is 11.6 Å². The lowest BCUT2D eigenvalue weighted by Gasteiger charge is -2.05. The van der Waals surface area contributed by atoms with Crippen LogP contribution in [0.3, 0.4) is 0 Å². The van der Waals surface area contributed by atoms with Crippen LogP contribution in [0.2, 0.25) is 5.02 Å². The molecule has 0 aliphatic rings. The summed E-state index contributed by atoms with van der Waals surface area (Å²) in [6.45, 7) is 1.44. The van der Waals surface area contributed by atoms with Crippen molar-refractivity contribution in [3.8, 4) is 0 Å². The maximum Gasteiger partial charge on any atom is 0.248 e. The van der Waals surface area contributed by atoms with Crippen molar-refractivity contribution in [1.82, 2.24) is 0 Å². The van der Waals surface area contributed by atoms with E-state index in [-0.39, 0.29) is 11.8 Å². The highest BCUT2D eigenvalue weighted by Crippen LogP contribution is 2.14. The van der Waals surface area contributed by atoms with Crippen LogP contribution in [0.15, 0.2) is 54.6 Å². The molecule has 0 saturated carbocycles. The van der Waals surface area contributed by atoms with E-state index in [0.29, 0.717) is 16.4 Å². The van der Waals surface area contributed by atoms with E-state index in [1.54, 1.807) is 42.5 Å². The predicted octanol–water partition coefficient (Wildman–Crippen LogP) is 3.95. The van der Waals surface area contributed by atoms with E-state index in [1.165, 1.54) is 13.0 Å². The number of carbonyl (C=O) groups is 2. The molecule has 112 valence electrons. The molecule has 2 aromatic carbocycles. The largest absolute Gasteiger partial charge is 0.326 e. The molecule has 2 N–H and O–H groups in total. The predicted molar refractivity (Wildman–Crippen MR) is 89.9 cm³/mol. The fourth-order valence-corrected chi connectivity index (χ4v) is 2.00. The van der Waals surface area contributed by atoms with Gasteiger partial charge in [-0.3, -0.25) is 9.59 Å². The number of rotatable bonds is 4. The van der Waals surface area contributed by atoms with Gasteiger partial charge in [0.1, 0.15) is 0 Å². The second-order valence-corrected chi connectivity index (χ2v) is 5.07. The molecule has 0 unspecified atom stereocenters. The molecule has 22 heavy (non-hydrogen) atoms. The molecule has 0 radical (unpaired) electrons. The summed E-state index contributed by atoms with van der Waals surface area (Å²) in [4.78, 5) is 22.8. The number of nitrogens with one attached hydrogen (secondary N) is 2. The number of anilines is 2. The Balaban J connectivity index is 1.95. The van der Waals surface area contributed by atoms with Gasteiger partial charge in [-0.05, 0) is 48.0 Å². The van der Waals surface area contributed by atoms with Gasteiger partial charge in [0.2, 0.25) is 11.8 Å². The summed E-state index contributed by atoms with van der Waals surface area (Å²) in [7, 11) is 0. The van der Waals surface area contributed by atoms with Gasteiger partial charge in [0.15, 0.2) is 0 Å². The Morgan fingerprint density at radius 1 is 1.00 bits per heavy atom. The number of hydrogen-bond acceptors (Lipinski definition) is 2. The van der Waals surface area contributed by atoms with Crippen molar-refractivity contribution < 1.29 is 9.59 Å². The van der Waals surface area contributed by atoms with Crippen LogP contribution in [-0.2, 0) is 9.59 Å². The Hall–Kier alpha value is -2.59. The lowest BCUT2D eigenvalue weighted by Crippen LogP contribution is -2.08. The highest BCUT2D eigenvalue weighted by molar-refractivity contribution is 6.30. The minimum Gasteiger partial charge on any atom is -0.326 e. The van der Waals surface area contributed by atoms with E-state index in [1.807, 2.05) is 12.1 Å². The van der Waals surface area contributed by atoms with Crippen molar-refractivity contribution in [2.45, 2.75) is 6.92 Å². The molecule has 2 rings (SSSR count). The zero-order valence-electron chi connectivity index (χ0n) is 12.0. The normalized spacial score (nSPS) is 10.5. The van der Waals surface area contributed by atoms with E-state index in [9.17, 15) is 9.59 Å². The Bertz CT molecular complexity index is 709. The van der Waals surface area contributed by atoms with E-state index >= 15 is 0 Å². The standard InChI is InChI=1S/C17H15ClN2O2/c1-12(21)19-15-6-8-16(9-7-15)20-17(22)10-5-13-3-2-4-14(18)11-13/h2-11H,1H3,(H,19,21)(H,20,22)/b10-5+. The SMILES string of the molecule is CC(=O)Nc1ccc(NC(=O)/C=C/c2cccc(Cl)c2)cc1. The maximum absolute atomic E-state index is 11.8. The van der Waals surface area contributed by atoms with Crippen molar-refractivity contribution in [1.29, 1.82) is 0 Å². The molecule has 0 fully saturated rings. The lowest BCUT2D eigenvalue weighted by molar-refractivity contribution is -0.114.